The Balaban J connectivity index is 2.42. The minimum Gasteiger partial charge on any atom is -0.487 e. The second kappa shape index (κ2) is 4.04. The summed E-state index contributed by atoms with van der Waals surface area (Å²) >= 11 is 3.46. The minimum atomic E-state index is -0.160. The molecule has 1 aromatic rings. The van der Waals surface area contributed by atoms with Crippen LogP contribution in [-0.2, 0) is 0 Å². The Morgan fingerprint density at radius 2 is 2.19 bits per heavy atom. The molecule has 2 nitrogen and oxygen atoms in total. The Bertz CT molecular complexity index is 405. The first-order valence-electron chi connectivity index (χ1n) is 5.66. The Morgan fingerprint density at radius 3 is 2.81 bits per heavy atom. The van der Waals surface area contributed by atoms with Gasteiger partial charge in [0.2, 0.25) is 0 Å². The lowest BCUT2D eigenvalue weighted by Gasteiger charge is -2.41. The molecule has 1 aliphatic rings. The highest BCUT2D eigenvalue weighted by Crippen LogP contribution is 2.42. The van der Waals surface area contributed by atoms with E-state index in [9.17, 15) is 0 Å². The summed E-state index contributed by atoms with van der Waals surface area (Å²) in [6, 6.07) is 6.14. The molecule has 2 rings (SSSR count). The Labute approximate surface area is 105 Å². The number of hydrogen-bond donors (Lipinski definition) is 1. The van der Waals surface area contributed by atoms with E-state index in [1.54, 1.807) is 0 Å². The first-order chi connectivity index (χ1) is 7.42. The van der Waals surface area contributed by atoms with E-state index < -0.39 is 0 Å². The predicted octanol–water partition coefficient (Wildman–Crippen LogP) is 3.65. The first kappa shape index (κ1) is 11.9. The van der Waals surface area contributed by atoms with E-state index in [1.807, 2.05) is 18.2 Å². The van der Waals surface area contributed by atoms with Gasteiger partial charge >= 0.3 is 0 Å². The highest BCUT2D eigenvalue weighted by molar-refractivity contribution is 9.10. The molecule has 1 heterocycles. The monoisotopic (exact) mass is 283 g/mol. The smallest absolute Gasteiger partial charge is 0.126 e. The second-order valence-electron chi connectivity index (χ2n) is 5.06. The summed E-state index contributed by atoms with van der Waals surface area (Å²) in [5.41, 5.74) is 7.17. The zero-order valence-electron chi connectivity index (χ0n) is 9.96. The van der Waals surface area contributed by atoms with Crippen LogP contribution in [0.1, 0.15) is 38.8 Å². The van der Waals surface area contributed by atoms with Crippen LogP contribution in [0.2, 0.25) is 0 Å². The third-order valence-electron chi connectivity index (χ3n) is 3.56. The summed E-state index contributed by atoms with van der Waals surface area (Å²) in [5.74, 6) is 1.37. The summed E-state index contributed by atoms with van der Waals surface area (Å²) in [4.78, 5) is 0. The van der Waals surface area contributed by atoms with Gasteiger partial charge in [-0.3, -0.25) is 0 Å². The number of fused-ring (bicyclic) bond motifs is 1. The zero-order valence-corrected chi connectivity index (χ0v) is 11.5. The summed E-state index contributed by atoms with van der Waals surface area (Å²) in [6.07, 6.45) is 0.874. The maximum Gasteiger partial charge on any atom is 0.126 e. The van der Waals surface area contributed by atoms with Crippen LogP contribution in [0, 0.1) is 5.92 Å². The molecule has 2 N–H and O–H groups in total. The van der Waals surface area contributed by atoms with Crippen molar-refractivity contribution >= 4 is 15.9 Å². The quantitative estimate of drug-likeness (QED) is 0.854. The van der Waals surface area contributed by atoms with Crippen LogP contribution in [0.3, 0.4) is 0 Å². The topological polar surface area (TPSA) is 35.2 Å². The Kier molecular flexibility index (Phi) is 3.01. The van der Waals surface area contributed by atoms with Crippen LogP contribution >= 0.6 is 15.9 Å². The molecular formula is C13H18BrNO. The SMILES string of the molecule is CC(C)C1(C)C[C@H](N)c2ccc(Br)cc2O1. The van der Waals surface area contributed by atoms with Gasteiger partial charge in [-0.25, -0.2) is 0 Å². The average molecular weight is 284 g/mol. The van der Waals surface area contributed by atoms with Crippen molar-refractivity contribution in [1.82, 2.24) is 0 Å². The van der Waals surface area contributed by atoms with Crippen molar-refractivity contribution in [3.8, 4) is 5.75 Å². The lowest BCUT2D eigenvalue weighted by atomic mass is 9.81. The van der Waals surface area contributed by atoms with Crippen molar-refractivity contribution in [2.45, 2.75) is 38.8 Å². The minimum absolute atomic E-state index is 0.0734. The highest BCUT2D eigenvalue weighted by atomic mass is 79.9. The summed E-state index contributed by atoms with van der Waals surface area (Å²) in [7, 11) is 0. The van der Waals surface area contributed by atoms with E-state index in [1.165, 1.54) is 0 Å². The number of rotatable bonds is 1. The summed E-state index contributed by atoms with van der Waals surface area (Å²) < 4.78 is 7.16. The van der Waals surface area contributed by atoms with Gasteiger partial charge in [0, 0.05) is 22.5 Å². The molecule has 88 valence electrons. The molecule has 1 aromatic carbocycles. The van der Waals surface area contributed by atoms with Gasteiger partial charge in [-0.05, 0) is 25.0 Å². The van der Waals surface area contributed by atoms with Gasteiger partial charge in [0.15, 0.2) is 0 Å². The predicted molar refractivity (Wildman–Crippen MR) is 69.6 cm³/mol. The van der Waals surface area contributed by atoms with Crippen molar-refractivity contribution in [3.05, 3.63) is 28.2 Å². The molecule has 0 aromatic heterocycles. The number of benzene rings is 1. The standard InChI is InChI=1S/C13H18BrNO/c1-8(2)13(3)7-11(15)10-5-4-9(14)6-12(10)16-13/h4-6,8,11H,7,15H2,1-3H3/t11-,13?/m0/s1. The van der Waals surface area contributed by atoms with Gasteiger partial charge < -0.3 is 10.5 Å². The van der Waals surface area contributed by atoms with E-state index in [2.05, 4.69) is 36.7 Å². The molecule has 0 bridgehead atoms. The third-order valence-corrected chi connectivity index (χ3v) is 4.06. The maximum absolute atomic E-state index is 6.21. The number of halogens is 1. The molecular weight excluding hydrogens is 266 g/mol. The van der Waals surface area contributed by atoms with Gasteiger partial charge in [-0.2, -0.15) is 0 Å². The van der Waals surface area contributed by atoms with E-state index >= 15 is 0 Å². The lowest BCUT2D eigenvalue weighted by Crippen LogP contribution is -2.44. The van der Waals surface area contributed by atoms with Crippen molar-refractivity contribution in [1.29, 1.82) is 0 Å². The molecule has 0 aliphatic carbocycles. The maximum atomic E-state index is 6.21. The van der Waals surface area contributed by atoms with Gasteiger partial charge in [0.1, 0.15) is 11.4 Å². The first-order valence-corrected chi connectivity index (χ1v) is 6.46. The van der Waals surface area contributed by atoms with Crippen LogP contribution in [0.4, 0.5) is 0 Å². The van der Waals surface area contributed by atoms with Crippen LogP contribution in [0.25, 0.3) is 0 Å². The van der Waals surface area contributed by atoms with Gasteiger partial charge in [0.05, 0.1) is 0 Å². The fraction of sp³-hybridized carbons (Fsp3) is 0.538. The molecule has 0 spiro atoms. The largest absolute Gasteiger partial charge is 0.487 e. The van der Waals surface area contributed by atoms with Crippen molar-refractivity contribution < 1.29 is 4.74 Å². The van der Waals surface area contributed by atoms with E-state index in [-0.39, 0.29) is 11.6 Å². The van der Waals surface area contributed by atoms with Gasteiger partial charge in [0.25, 0.3) is 0 Å². The summed E-state index contributed by atoms with van der Waals surface area (Å²) in [6.45, 7) is 6.49. The molecule has 3 heteroatoms. The van der Waals surface area contributed by atoms with Crippen LogP contribution in [0.5, 0.6) is 5.75 Å². The van der Waals surface area contributed by atoms with E-state index in [4.69, 9.17) is 10.5 Å². The van der Waals surface area contributed by atoms with Crippen LogP contribution in [0.15, 0.2) is 22.7 Å². The molecule has 0 saturated carbocycles. The molecule has 2 atom stereocenters. The highest BCUT2D eigenvalue weighted by Gasteiger charge is 2.38. The second-order valence-corrected chi connectivity index (χ2v) is 5.98. The van der Waals surface area contributed by atoms with E-state index in [0.29, 0.717) is 5.92 Å². The Morgan fingerprint density at radius 1 is 1.50 bits per heavy atom. The molecule has 0 radical (unpaired) electrons. The van der Waals surface area contributed by atoms with Crippen LogP contribution < -0.4 is 10.5 Å². The van der Waals surface area contributed by atoms with Crippen molar-refractivity contribution in [3.63, 3.8) is 0 Å². The molecule has 0 saturated heterocycles. The Hall–Kier alpha value is -0.540. The third kappa shape index (κ3) is 1.98. The fourth-order valence-electron chi connectivity index (χ4n) is 2.10. The van der Waals surface area contributed by atoms with Gasteiger partial charge in [-0.15, -0.1) is 0 Å². The van der Waals surface area contributed by atoms with Crippen LogP contribution in [-0.4, -0.2) is 5.60 Å². The lowest BCUT2D eigenvalue weighted by molar-refractivity contribution is 0.0107. The molecule has 1 unspecified atom stereocenters. The number of nitrogens with two attached hydrogens (primary N) is 1. The zero-order chi connectivity index (χ0) is 11.9. The molecule has 16 heavy (non-hydrogen) atoms. The summed E-state index contributed by atoms with van der Waals surface area (Å²) in [5, 5.41) is 0. The fourth-order valence-corrected chi connectivity index (χ4v) is 2.44. The normalized spacial score (nSPS) is 28.8. The van der Waals surface area contributed by atoms with Crippen molar-refractivity contribution in [2.24, 2.45) is 11.7 Å². The molecule has 0 amide bonds. The number of hydrogen-bond acceptors (Lipinski definition) is 2. The molecule has 1 aliphatic heterocycles. The van der Waals surface area contributed by atoms with E-state index in [0.717, 1.165) is 22.2 Å². The average Bonchev–Trinajstić information content (AvgIpc) is 2.16. The van der Waals surface area contributed by atoms with Crippen molar-refractivity contribution in [2.75, 3.05) is 0 Å². The van der Waals surface area contributed by atoms with Gasteiger partial charge in [-0.1, -0.05) is 35.8 Å². The number of ether oxygens (including phenoxy) is 1. The molecule has 0 fully saturated rings.